The molecule has 1 aromatic carbocycles. The van der Waals surface area contributed by atoms with Gasteiger partial charge in [-0.05, 0) is 121 Å². The molecule has 0 saturated carbocycles. The van der Waals surface area contributed by atoms with Crippen molar-refractivity contribution in [2.45, 2.75) is 78.6 Å². The molecule has 34 heavy (non-hydrogen) atoms. The quantitative estimate of drug-likeness (QED) is 0.275. The van der Waals surface area contributed by atoms with Gasteiger partial charge >= 0.3 is 12.2 Å². The molecule has 0 atom stereocenters. The maximum absolute atomic E-state index is 13.2. The number of ether oxygens (including phenoxy) is 2. The van der Waals surface area contributed by atoms with Crippen LogP contribution >= 0.6 is 22.6 Å². The molecule has 1 aliphatic heterocycles. The number of amides is 2. The van der Waals surface area contributed by atoms with Gasteiger partial charge in [0.1, 0.15) is 11.2 Å². The molecular formula is C25H39IN4O4. The number of rotatable bonds is 6. The second-order valence-electron chi connectivity index (χ2n) is 10.4. The fraction of sp³-hybridized carbons (Fsp3) is 0.640. The van der Waals surface area contributed by atoms with Gasteiger partial charge in [-0.3, -0.25) is 5.32 Å². The largest absolute Gasteiger partial charge is 0.444 e. The first-order valence-corrected chi connectivity index (χ1v) is 12.9. The lowest BCUT2D eigenvalue weighted by molar-refractivity contribution is 0.0354. The molecule has 0 spiro atoms. The molecule has 8 nitrogen and oxygen atoms in total. The first kappa shape index (κ1) is 28.4. The van der Waals surface area contributed by atoms with E-state index in [9.17, 15) is 9.59 Å². The number of nitrogens with one attached hydrogen (secondary N) is 1. The standard InChI is InChI=1S/C25H39IN4O4/c1-24(2,3)33-22(31)28-21(27-18-19-10-12-20(26)13-11-19)30(23(32)34-25(4,5)6)17-9-16-29-14-7-8-15-29/h10-13H,7-9,14-18H2,1-6H3,(H,27,28,31). The summed E-state index contributed by atoms with van der Waals surface area (Å²) in [5.41, 5.74) is -0.403. The van der Waals surface area contributed by atoms with Crippen LogP contribution < -0.4 is 5.32 Å². The minimum Gasteiger partial charge on any atom is -0.444 e. The van der Waals surface area contributed by atoms with E-state index in [1.54, 1.807) is 20.8 Å². The van der Waals surface area contributed by atoms with Crippen molar-refractivity contribution in [3.8, 4) is 0 Å². The van der Waals surface area contributed by atoms with Gasteiger partial charge in [0.2, 0.25) is 5.96 Å². The Bertz CT molecular complexity index is 838. The van der Waals surface area contributed by atoms with Crippen LogP contribution in [0.1, 0.15) is 66.4 Å². The average Bonchev–Trinajstić information content (AvgIpc) is 3.20. The number of hydrogen-bond donors (Lipinski definition) is 1. The number of hydrogen-bond acceptors (Lipinski definition) is 6. The SMILES string of the molecule is CC(C)(C)OC(=O)NC(=NCc1ccc(I)cc1)N(CCCN1CCCC1)C(=O)OC(C)(C)C. The van der Waals surface area contributed by atoms with Crippen molar-refractivity contribution in [1.82, 2.24) is 15.1 Å². The van der Waals surface area contributed by atoms with Crippen LogP contribution in [-0.4, -0.2) is 65.3 Å². The van der Waals surface area contributed by atoms with Crippen molar-refractivity contribution in [1.29, 1.82) is 0 Å². The monoisotopic (exact) mass is 586 g/mol. The summed E-state index contributed by atoms with van der Waals surface area (Å²) >= 11 is 2.25. The van der Waals surface area contributed by atoms with E-state index in [0.717, 1.165) is 35.2 Å². The van der Waals surface area contributed by atoms with Crippen molar-refractivity contribution in [3.05, 3.63) is 33.4 Å². The summed E-state index contributed by atoms with van der Waals surface area (Å²) in [4.78, 5) is 34.2. The van der Waals surface area contributed by atoms with Gasteiger partial charge in [0.05, 0.1) is 6.54 Å². The van der Waals surface area contributed by atoms with Gasteiger partial charge < -0.3 is 14.4 Å². The van der Waals surface area contributed by atoms with E-state index in [0.29, 0.717) is 13.1 Å². The summed E-state index contributed by atoms with van der Waals surface area (Å²) in [6.45, 7) is 14.5. The molecule has 1 aromatic rings. The zero-order chi connectivity index (χ0) is 25.4. The number of aliphatic imine (C=N–C) groups is 1. The smallest absolute Gasteiger partial charge is 0.417 e. The third-order valence-corrected chi connectivity index (χ3v) is 5.58. The Kier molecular flexibility index (Phi) is 10.6. The molecule has 0 bridgehead atoms. The zero-order valence-corrected chi connectivity index (χ0v) is 23.5. The number of likely N-dealkylation sites (tertiary alicyclic amines) is 1. The van der Waals surface area contributed by atoms with Crippen LogP contribution in [-0.2, 0) is 16.0 Å². The number of halogens is 1. The van der Waals surface area contributed by atoms with Crippen LogP contribution in [0.2, 0.25) is 0 Å². The van der Waals surface area contributed by atoms with Gasteiger partial charge in [0.25, 0.3) is 0 Å². The van der Waals surface area contributed by atoms with Crippen LogP contribution in [0.5, 0.6) is 0 Å². The lowest BCUT2D eigenvalue weighted by atomic mass is 10.2. The van der Waals surface area contributed by atoms with Crippen molar-refractivity contribution in [3.63, 3.8) is 0 Å². The average molecular weight is 587 g/mol. The summed E-state index contributed by atoms with van der Waals surface area (Å²) in [5, 5.41) is 2.70. The first-order valence-electron chi connectivity index (χ1n) is 11.8. The Morgan fingerprint density at radius 2 is 1.62 bits per heavy atom. The highest BCUT2D eigenvalue weighted by molar-refractivity contribution is 14.1. The molecule has 1 heterocycles. The van der Waals surface area contributed by atoms with Crippen LogP contribution in [0.25, 0.3) is 0 Å². The fourth-order valence-electron chi connectivity index (χ4n) is 3.40. The molecule has 2 rings (SSSR count). The Morgan fingerprint density at radius 1 is 1.03 bits per heavy atom. The molecule has 1 aliphatic rings. The van der Waals surface area contributed by atoms with Crippen molar-refractivity contribution >= 4 is 40.7 Å². The minimum absolute atomic E-state index is 0.128. The molecule has 1 fully saturated rings. The molecule has 0 aromatic heterocycles. The molecule has 1 saturated heterocycles. The number of carbonyl (C=O) groups is 2. The molecular weight excluding hydrogens is 547 g/mol. The molecule has 0 aliphatic carbocycles. The molecule has 9 heteroatoms. The highest BCUT2D eigenvalue weighted by atomic mass is 127. The normalized spacial score (nSPS) is 15.2. The van der Waals surface area contributed by atoms with Gasteiger partial charge in [-0.2, -0.15) is 0 Å². The van der Waals surface area contributed by atoms with Crippen LogP contribution in [0, 0.1) is 3.57 Å². The lowest BCUT2D eigenvalue weighted by Crippen LogP contribution is -2.50. The van der Waals surface area contributed by atoms with Crippen molar-refractivity contribution < 1.29 is 19.1 Å². The zero-order valence-electron chi connectivity index (χ0n) is 21.3. The van der Waals surface area contributed by atoms with Gasteiger partial charge in [-0.15, -0.1) is 0 Å². The molecule has 1 N–H and O–H groups in total. The fourth-order valence-corrected chi connectivity index (χ4v) is 3.76. The highest BCUT2D eigenvalue weighted by Crippen LogP contribution is 2.14. The van der Waals surface area contributed by atoms with E-state index in [1.165, 1.54) is 17.7 Å². The van der Waals surface area contributed by atoms with Gasteiger partial charge in [0, 0.05) is 10.1 Å². The summed E-state index contributed by atoms with van der Waals surface area (Å²) in [7, 11) is 0. The maximum Gasteiger partial charge on any atom is 0.417 e. The van der Waals surface area contributed by atoms with Gasteiger partial charge in [-0.25, -0.2) is 19.5 Å². The van der Waals surface area contributed by atoms with Crippen molar-refractivity contribution in [2.24, 2.45) is 4.99 Å². The molecule has 0 radical (unpaired) electrons. The number of carbonyl (C=O) groups excluding carboxylic acids is 2. The van der Waals surface area contributed by atoms with Crippen LogP contribution in [0.15, 0.2) is 29.3 Å². The minimum atomic E-state index is -0.683. The van der Waals surface area contributed by atoms with Crippen LogP contribution in [0.3, 0.4) is 0 Å². The van der Waals surface area contributed by atoms with E-state index in [-0.39, 0.29) is 5.96 Å². The second-order valence-corrected chi connectivity index (χ2v) is 11.7. The number of guanidine groups is 1. The van der Waals surface area contributed by atoms with E-state index in [2.05, 4.69) is 37.8 Å². The molecule has 2 amide bonds. The van der Waals surface area contributed by atoms with Gasteiger partial charge in [-0.1, -0.05) is 12.1 Å². The van der Waals surface area contributed by atoms with E-state index < -0.39 is 23.4 Å². The summed E-state index contributed by atoms with van der Waals surface area (Å²) < 4.78 is 12.2. The second kappa shape index (κ2) is 12.7. The number of nitrogens with zero attached hydrogens (tertiary/aromatic N) is 3. The Hall–Kier alpha value is -1.88. The lowest BCUT2D eigenvalue weighted by Gasteiger charge is -2.29. The summed E-state index contributed by atoms with van der Waals surface area (Å²) in [6, 6.07) is 7.94. The first-order chi connectivity index (χ1) is 15.8. The van der Waals surface area contributed by atoms with E-state index >= 15 is 0 Å². The highest BCUT2D eigenvalue weighted by Gasteiger charge is 2.28. The molecule has 0 unspecified atom stereocenters. The predicted molar refractivity (Wildman–Crippen MR) is 143 cm³/mol. The summed E-state index contributed by atoms with van der Waals surface area (Å²) in [5.74, 6) is 0.128. The van der Waals surface area contributed by atoms with E-state index in [1.807, 2.05) is 45.0 Å². The third kappa shape index (κ3) is 11.0. The number of benzene rings is 1. The Morgan fingerprint density at radius 3 is 2.18 bits per heavy atom. The molecule has 190 valence electrons. The maximum atomic E-state index is 13.2. The van der Waals surface area contributed by atoms with Gasteiger partial charge in [0.15, 0.2) is 0 Å². The predicted octanol–water partition coefficient (Wildman–Crippen LogP) is 5.39. The Balaban J connectivity index is 2.26. The van der Waals surface area contributed by atoms with E-state index in [4.69, 9.17) is 9.47 Å². The summed E-state index contributed by atoms with van der Waals surface area (Å²) in [6.07, 6.45) is 1.93. The topological polar surface area (TPSA) is 83.5 Å². The van der Waals surface area contributed by atoms with Crippen LogP contribution in [0.4, 0.5) is 9.59 Å². The Labute approximate surface area is 217 Å². The van der Waals surface area contributed by atoms with Crippen molar-refractivity contribution in [2.75, 3.05) is 26.2 Å². The number of alkyl carbamates (subject to hydrolysis) is 1. The third-order valence-electron chi connectivity index (χ3n) is 4.86.